The highest BCUT2D eigenvalue weighted by Gasteiger charge is 2.12. The summed E-state index contributed by atoms with van der Waals surface area (Å²) in [5, 5.41) is 2.97. The Labute approximate surface area is 171 Å². The number of oxazole rings is 1. The number of carbonyl (C=O) groups excluding carboxylic acids is 3. The second-order valence-corrected chi connectivity index (χ2v) is 7.15. The van der Waals surface area contributed by atoms with Crippen LogP contribution in [0.2, 0.25) is 0 Å². The number of carbonyl (C=O) groups is 3. The topological polar surface area (TPSA) is 102 Å². The largest absolute Gasteiger partial charge is 0.455 e. The molecule has 0 radical (unpaired) electrons. The van der Waals surface area contributed by atoms with Gasteiger partial charge in [-0.25, -0.2) is 4.98 Å². The third-order valence-corrected chi connectivity index (χ3v) is 4.58. The summed E-state index contributed by atoms with van der Waals surface area (Å²) in [6.07, 6.45) is 0. The smallest absolute Gasteiger partial charge is 0.316 e. The quantitative estimate of drug-likeness (QED) is 0.469. The molecule has 9 heteroatoms. The summed E-state index contributed by atoms with van der Waals surface area (Å²) < 4.78 is 10.5. The fourth-order valence-corrected chi connectivity index (χ4v) is 3.01. The molecule has 0 aliphatic carbocycles. The van der Waals surface area contributed by atoms with Crippen molar-refractivity contribution in [1.82, 2.24) is 9.88 Å². The van der Waals surface area contributed by atoms with Crippen LogP contribution >= 0.6 is 11.8 Å². The van der Waals surface area contributed by atoms with Crippen LogP contribution in [-0.4, -0.2) is 54.1 Å². The van der Waals surface area contributed by atoms with Crippen molar-refractivity contribution in [3.8, 4) is 0 Å². The number of thioether (sulfide) groups is 1. The zero-order valence-electron chi connectivity index (χ0n) is 15.9. The monoisotopic (exact) mass is 413 g/mol. The van der Waals surface area contributed by atoms with Crippen LogP contribution in [0.1, 0.15) is 10.4 Å². The van der Waals surface area contributed by atoms with Crippen molar-refractivity contribution in [3.63, 3.8) is 0 Å². The maximum absolute atomic E-state index is 11.9. The second-order valence-electron chi connectivity index (χ2n) is 6.22. The van der Waals surface area contributed by atoms with Crippen LogP contribution in [0.25, 0.3) is 11.1 Å². The molecule has 3 rings (SSSR count). The third kappa shape index (κ3) is 5.58. The molecule has 3 aromatic rings. The number of amides is 2. The number of ether oxygens (including phenoxy) is 1. The minimum absolute atomic E-state index is 0.0263. The van der Waals surface area contributed by atoms with E-state index in [1.807, 2.05) is 18.2 Å². The average molecular weight is 413 g/mol. The van der Waals surface area contributed by atoms with Crippen LogP contribution in [0.15, 0.2) is 58.2 Å². The number of nitrogens with one attached hydrogen (secondary N) is 1. The summed E-state index contributed by atoms with van der Waals surface area (Å²) in [4.78, 5) is 41.3. The standard InChI is InChI=1S/C20H19N3O5S/c1-23(2)19(26)13-7-9-14(10-8-13)21-17(24)11-27-18(25)12-29-20-22-15-5-3-4-6-16(15)28-20/h3-10H,11-12H2,1-2H3,(H,21,24). The van der Waals surface area contributed by atoms with E-state index in [1.165, 1.54) is 4.90 Å². The number of aromatic nitrogens is 1. The first-order valence-corrected chi connectivity index (χ1v) is 9.66. The zero-order chi connectivity index (χ0) is 20.8. The number of para-hydroxylation sites is 2. The van der Waals surface area contributed by atoms with Crippen molar-refractivity contribution in [3.05, 3.63) is 54.1 Å². The number of rotatable bonds is 7. The molecule has 150 valence electrons. The summed E-state index contributed by atoms with van der Waals surface area (Å²) in [5.74, 6) is -1.19. The molecule has 0 saturated carbocycles. The van der Waals surface area contributed by atoms with Crippen molar-refractivity contribution in [1.29, 1.82) is 0 Å². The minimum atomic E-state index is -0.556. The summed E-state index contributed by atoms with van der Waals surface area (Å²) in [6, 6.07) is 13.7. The summed E-state index contributed by atoms with van der Waals surface area (Å²) in [6.45, 7) is -0.411. The average Bonchev–Trinajstić information content (AvgIpc) is 3.13. The van der Waals surface area contributed by atoms with Crippen molar-refractivity contribution in [2.45, 2.75) is 5.22 Å². The maximum Gasteiger partial charge on any atom is 0.316 e. The Morgan fingerprint density at radius 3 is 2.52 bits per heavy atom. The Kier molecular flexibility index (Phi) is 6.50. The van der Waals surface area contributed by atoms with Crippen LogP contribution in [0.4, 0.5) is 5.69 Å². The molecule has 0 saturated heterocycles. The van der Waals surface area contributed by atoms with Gasteiger partial charge in [0.2, 0.25) is 0 Å². The van der Waals surface area contributed by atoms with Gasteiger partial charge in [-0.2, -0.15) is 0 Å². The number of benzene rings is 2. The molecule has 0 unspecified atom stereocenters. The molecule has 0 spiro atoms. The Hall–Kier alpha value is -3.33. The molecule has 0 aliphatic rings. The summed E-state index contributed by atoms with van der Waals surface area (Å²) >= 11 is 1.10. The highest BCUT2D eigenvalue weighted by atomic mass is 32.2. The number of fused-ring (bicyclic) bond motifs is 1. The Balaban J connectivity index is 1.42. The predicted molar refractivity (Wildman–Crippen MR) is 109 cm³/mol. The normalized spacial score (nSPS) is 10.6. The van der Waals surface area contributed by atoms with Crippen molar-refractivity contribution in [2.24, 2.45) is 0 Å². The predicted octanol–water partition coefficient (Wildman–Crippen LogP) is 2.80. The minimum Gasteiger partial charge on any atom is -0.455 e. The number of esters is 1. The van der Waals surface area contributed by atoms with E-state index >= 15 is 0 Å². The molecule has 0 fully saturated rings. The van der Waals surface area contributed by atoms with E-state index in [0.29, 0.717) is 27.6 Å². The van der Waals surface area contributed by atoms with Crippen molar-refractivity contribution < 1.29 is 23.5 Å². The third-order valence-electron chi connectivity index (χ3n) is 3.77. The Morgan fingerprint density at radius 2 is 1.83 bits per heavy atom. The van der Waals surface area contributed by atoms with Crippen LogP contribution < -0.4 is 5.32 Å². The van der Waals surface area contributed by atoms with Crippen LogP contribution in [0, 0.1) is 0 Å². The maximum atomic E-state index is 11.9. The van der Waals surface area contributed by atoms with Crippen molar-refractivity contribution >= 4 is 46.3 Å². The molecule has 0 atom stereocenters. The van der Waals surface area contributed by atoms with Gasteiger partial charge in [-0.05, 0) is 36.4 Å². The highest BCUT2D eigenvalue weighted by Crippen LogP contribution is 2.23. The van der Waals surface area contributed by atoms with E-state index < -0.39 is 18.5 Å². The summed E-state index contributed by atoms with van der Waals surface area (Å²) in [7, 11) is 3.32. The summed E-state index contributed by atoms with van der Waals surface area (Å²) in [5.41, 5.74) is 2.36. The molecule has 29 heavy (non-hydrogen) atoms. The lowest BCUT2D eigenvalue weighted by molar-refractivity contribution is -0.144. The first kappa shape index (κ1) is 20.4. The lowest BCUT2D eigenvalue weighted by Crippen LogP contribution is -2.22. The van der Waals surface area contributed by atoms with Gasteiger partial charge >= 0.3 is 5.97 Å². The van der Waals surface area contributed by atoms with Crippen LogP contribution in [-0.2, 0) is 14.3 Å². The van der Waals surface area contributed by atoms with E-state index in [4.69, 9.17) is 9.15 Å². The lowest BCUT2D eigenvalue weighted by atomic mass is 10.2. The van der Waals surface area contributed by atoms with E-state index in [-0.39, 0.29) is 11.7 Å². The fourth-order valence-electron chi connectivity index (χ4n) is 2.37. The molecular formula is C20H19N3O5S. The number of hydrogen-bond acceptors (Lipinski definition) is 7. The Morgan fingerprint density at radius 1 is 1.10 bits per heavy atom. The van der Waals surface area contributed by atoms with Crippen LogP contribution in [0.5, 0.6) is 0 Å². The van der Waals surface area contributed by atoms with Gasteiger partial charge in [0.15, 0.2) is 12.2 Å². The first-order chi connectivity index (χ1) is 13.9. The van der Waals surface area contributed by atoms with Gasteiger partial charge in [0.1, 0.15) is 11.3 Å². The van der Waals surface area contributed by atoms with E-state index in [1.54, 1.807) is 44.4 Å². The van der Waals surface area contributed by atoms with Gasteiger partial charge in [-0.15, -0.1) is 0 Å². The molecule has 1 aromatic heterocycles. The van der Waals surface area contributed by atoms with Gasteiger partial charge in [0.05, 0.1) is 0 Å². The first-order valence-electron chi connectivity index (χ1n) is 8.68. The zero-order valence-corrected chi connectivity index (χ0v) is 16.7. The SMILES string of the molecule is CN(C)C(=O)c1ccc(NC(=O)COC(=O)CSc2nc3ccccc3o2)cc1. The Bertz CT molecular complexity index is 997. The van der Waals surface area contributed by atoms with Gasteiger partial charge in [0.25, 0.3) is 17.0 Å². The molecule has 8 nitrogen and oxygen atoms in total. The fraction of sp³-hybridized carbons (Fsp3) is 0.200. The molecule has 1 N–H and O–H groups in total. The van der Waals surface area contributed by atoms with E-state index in [2.05, 4.69) is 10.3 Å². The van der Waals surface area contributed by atoms with Gasteiger partial charge < -0.3 is 19.4 Å². The van der Waals surface area contributed by atoms with E-state index in [0.717, 1.165) is 11.8 Å². The molecular weight excluding hydrogens is 394 g/mol. The van der Waals surface area contributed by atoms with Gasteiger partial charge in [0, 0.05) is 25.3 Å². The molecule has 0 bridgehead atoms. The number of anilines is 1. The molecule has 2 aromatic carbocycles. The molecule has 0 aliphatic heterocycles. The lowest BCUT2D eigenvalue weighted by Gasteiger charge is -2.11. The van der Waals surface area contributed by atoms with Crippen molar-refractivity contribution in [2.75, 3.05) is 31.8 Å². The second kappa shape index (κ2) is 9.24. The number of hydrogen-bond donors (Lipinski definition) is 1. The van der Waals surface area contributed by atoms with Gasteiger partial charge in [-0.1, -0.05) is 23.9 Å². The highest BCUT2D eigenvalue weighted by molar-refractivity contribution is 7.99. The van der Waals surface area contributed by atoms with Gasteiger partial charge in [-0.3, -0.25) is 14.4 Å². The van der Waals surface area contributed by atoms with Crippen LogP contribution in [0.3, 0.4) is 0 Å². The number of nitrogens with zero attached hydrogens (tertiary/aromatic N) is 2. The molecule has 1 heterocycles. The molecule has 2 amide bonds. The van der Waals surface area contributed by atoms with E-state index in [9.17, 15) is 14.4 Å².